The lowest BCUT2D eigenvalue weighted by Crippen LogP contribution is -1.85. The van der Waals surface area contributed by atoms with Crippen LogP contribution in [0.25, 0.3) is 0 Å². The van der Waals surface area contributed by atoms with Gasteiger partial charge < -0.3 is 8.83 Å². The largest absolute Gasteiger partial charge is 0.462 e. The number of furan rings is 2. The Hall–Kier alpha value is -2.10. The Morgan fingerprint density at radius 1 is 1.20 bits per heavy atom. The first-order chi connectivity index (χ1) is 7.24. The fourth-order valence-electron chi connectivity index (χ4n) is 0.837. The minimum absolute atomic E-state index is 0.0324. The molecule has 0 atom stereocenters. The second-order valence-electron chi connectivity index (χ2n) is 2.67. The van der Waals surface area contributed by atoms with Crippen LogP contribution in [0, 0.1) is 0 Å². The third-order valence-corrected chi connectivity index (χ3v) is 1.53. The van der Waals surface area contributed by atoms with E-state index >= 15 is 0 Å². The molecule has 0 saturated carbocycles. The van der Waals surface area contributed by atoms with Crippen molar-refractivity contribution in [3.8, 4) is 0 Å². The zero-order valence-corrected chi connectivity index (χ0v) is 8.17. The van der Waals surface area contributed by atoms with Crippen LogP contribution in [-0.2, 0) is 0 Å². The molecule has 0 unspecified atom stereocenters. The summed E-state index contributed by atoms with van der Waals surface area (Å²) in [5.74, 6) is 0.764. The Kier molecular flexibility index (Phi) is 4.09. The van der Waals surface area contributed by atoms with Gasteiger partial charge in [0.15, 0.2) is 23.6 Å². The molecular formula is C11H10O4. The normalized spacial score (nSPS) is 8.87. The summed E-state index contributed by atoms with van der Waals surface area (Å²) in [5.41, 5.74) is 0. The lowest BCUT2D eigenvalue weighted by atomic mass is 10.3. The first-order valence-electron chi connectivity index (χ1n) is 4.27. The fourth-order valence-corrected chi connectivity index (χ4v) is 0.837. The van der Waals surface area contributed by atoms with Crippen LogP contribution >= 0.6 is 0 Å². The van der Waals surface area contributed by atoms with E-state index in [0.717, 1.165) is 0 Å². The summed E-state index contributed by atoms with van der Waals surface area (Å²) in [6, 6.07) is 6.61. The van der Waals surface area contributed by atoms with Crippen molar-refractivity contribution in [3.63, 3.8) is 0 Å². The number of rotatable bonds is 2. The second kappa shape index (κ2) is 5.59. The number of hydrogen-bond acceptors (Lipinski definition) is 4. The Balaban J connectivity index is 0.000000151. The molecule has 2 aromatic rings. The predicted octanol–water partition coefficient (Wildman–Crippen LogP) is 2.57. The smallest absolute Gasteiger partial charge is 0.194 e. The van der Waals surface area contributed by atoms with Gasteiger partial charge in [-0.3, -0.25) is 9.59 Å². The molecule has 0 aliphatic rings. The number of Topliss-reactive ketones (excluding diaryl/α,β-unsaturated/α-hetero) is 1. The van der Waals surface area contributed by atoms with E-state index in [0.29, 0.717) is 17.8 Å². The van der Waals surface area contributed by atoms with Gasteiger partial charge in [-0.15, -0.1) is 0 Å². The van der Waals surface area contributed by atoms with Gasteiger partial charge in [0.2, 0.25) is 0 Å². The number of hydrogen-bond donors (Lipinski definition) is 0. The number of carbonyl (C=O) groups is 2. The fraction of sp³-hybridized carbons (Fsp3) is 0.0909. The SMILES string of the molecule is CC(=O)c1ccco1.O=Cc1ccco1. The Labute approximate surface area is 86.5 Å². The van der Waals surface area contributed by atoms with E-state index in [4.69, 9.17) is 4.42 Å². The van der Waals surface area contributed by atoms with Crippen LogP contribution in [0.4, 0.5) is 0 Å². The van der Waals surface area contributed by atoms with Crippen LogP contribution in [0.15, 0.2) is 45.6 Å². The molecule has 0 spiro atoms. The molecule has 4 heteroatoms. The summed E-state index contributed by atoms with van der Waals surface area (Å²) in [7, 11) is 0. The Morgan fingerprint density at radius 3 is 2.13 bits per heavy atom. The van der Waals surface area contributed by atoms with Crippen LogP contribution in [0.1, 0.15) is 28.0 Å². The van der Waals surface area contributed by atoms with Gasteiger partial charge in [0, 0.05) is 6.92 Å². The Morgan fingerprint density at radius 2 is 1.87 bits per heavy atom. The molecule has 4 nitrogen and oxygen atoms in total. The van der Waals surface area contributed by atoms with E-state index in [1.807, 2.05) is 0 Å². The number of carbonyl (C=O) groups excluding carboxylic acids is 2. The molecule has 2 heterocycles. The van der Waals surface area contributed by atoms with Crippen molar-refractivity contribution in [2.75, 3.05) is 0 Å². The highest BCUT2D eigenvalue weighted by Gasteiger charge is 1.97. The van der Waals surface area contributed by atoms with Crippen LogP contribution in [-0.4, -0.2) is 12.1 Å². The quantitative estimate of drug-likeness (QED) is 0.559. The maximum absolute atomic E-state index is 10.4. The van der Waals surface area contributed by atoms with E-state index < -0.39 is 0 Å². The minimum atomic E-state index is -0.0324. The van der Waals surface area contributed by atoms with Gasteiger partial charge in [-0.25, -0.2) is 0 Å². The zero-order chi connectivity index (χ0) is 11.1. The first kappa shape index (κ1) is 11.0. The molecule has 0 aromatic carbocycles. The molecular weight excluding hydrogens is 196 g/mol. The highest BCUT2D eigenvalue weighted by atomic mass is 16.3. The average molecular weight is 206 g/mol. The van der Waals surface area contributed by atoms with Crippen LogP contribution in [0.3, 0.4) is 0 Å². The standard InChI is InChI=1S/C6H6O2.C5H4O2/c1-5(7)6-3-2-4-8-6;6-4-5-2-1-3-7-5/h2-4H,1H3;1-4H. The molecule has 0 N–H and O–H groups in total. The van der Waals surface area contributed by atoms with Crippen molar-refractivity contribution < 1.29 is 18.4 Å². The molecule has 0 radical (unpaired) electrons. The number of ketones is 1. The molecule has 15 heavy (non-hydrogen) atoms. The van der Waals surface area contributed by atoms with Gasteiger partial charge in [-0.2, -0.15) is 0 Å². The monoisotopic (exact) mass is 206 g/mol. The molecule has 0 aliphatic carbocycles. The molecule has 2 rings (SSSR count). The topological polar surface area (TPSA) is 60.4 Å². The molecule has 0 bridgehead atoms. The van der Waals surface area contributed by atoms with Crippen molar-refractivity contribution in [1.29, 1.82) is 0 Å². The Bertz CT molecular complexity index is 398. The lowest BCUT2D eigenvalue weighted by Gasteiger charge is -1.80. The van der Waals surface area contributed by atoms with E-state index in [1.54, 1.807) is 24.3 Å². The summed E-state index contributed by atoms with van der Waals surface area (Å²) in [6.07, 6.45) is 3.61. The third kappa shape index (κ3) is 3.64. The van der Waals surface area contributed by atoms with Crippen LogP contribution < -0.4 is 0 Å². The molecule has 78 valence electrons. The van der Waals surface area contributed by atoms with Gasteiger partial charge >= 0.3 is 0 Å². The maximum Gasteiger partial charge on any atom is 0.194 e. The van der Waals surface area contributed by atoms with Gasteiger partial charge in [0.25, 0.3) is 0 Å². The van der Waals surface area contributed by atoms with E-state index in [1.165, 1.54) is 19.5 Å². The van der Waals surface area contributed by atoms with Crippen molar-refractivity contribution >= 4 is 12.1 Å². The highest BCUT2D eigenvalue weighted by molar-refractivity contribution is 5.91. The molecule has 0 fully saturated rings. The molecule has 2 aromatic heterocycles. The molecule has 0 saturated heterocycles. The summed E-state index contributed by atoms with van der Waals surface area (Å²) in [4.78, 5) is 20.2. The molecule has 0 aliphatic heterocycles. The van der Waals surface area contributed by atoms with E-state index in [-0.39, 0.29) is 5.78 Å². The number of aldehydes is 1. The lowest BCUT2D eigenvalue weighted by molar-refractivity contribution is 0.0987. The second-order valence-corrected chi connectivity index (χ2v) is 2.67. The van der Waals surface area contributed by atoms with Gasteiger partial charge in [-0.1, -0.05) is 0 Å². The van der Waals surface area contributed by atoms with E-state index in [9.17, 15) is 9.59 Å². The van der Waals surface area contributed by atoms with Crippen LogP contribution in [0.5, 0.6) is 0 Å². The summed E-state index contributed by atoms with van der Waals surface area (Å²) < 4.78 is 9.36. The van der Waals surface area contributed by atoms with Crippen molar-refractivity contribution in [2.45, 2.75) is 6.92 Å². The average Bonchev–Trinajstić information content (AvgIpc) is 2.92. The molecule has 0 amide bonds. The highest BCUT2D eigenvalue weighted by Crippen LogP contribution is 1.98. The van der Waals surface area contributed by atoms with Crippen molar-refractivity contribution in [1.82, 2.24) is 0 Å². The van der Waals surface area contributed by atoms with Crippen molar-refractivity contribution in [2.24, 2.45) is 0 Å². The third-order valence-electron chi connectivity index (χ3n) is 1.53. The zero-order valence-electron chi connectivity index (χ0n) is 8.17. The predicted molar refractivity (Wildman–Crippen MR) is 52.8 cm³/mol. The van der Waals surface area contributed by atoms with Crippen molar-refractivity contribution in [3.05, 3.63) is 48.3 Å². The van der Waals surface area contributed by atoms with Gasteiger partial charge in [0.05, 0.1) is 12.5 Å². The maximum atomic E-state index is 10.4. The summed E-state index contributed by atoms with van der Waals surface area (Å²) in [6.45, 7) is 1.47. The first-order valence-corrected chi connectivity index (χ1v) is 4.27. The summed E-state index contributed by atoms with van der Waals surface area (Å²) >= 11 is 0. The van der Waals surface area contributed by atoms with E-state index in [2.05, 4.69) is 4.42 Å². The van der Waals surface area contributed by atoms with Crippen LogP contribution in [0.2, 0.25) is 0 Å². The van der Waals surface area contributed by atoms with Gasteiger partial charge in [-0.05, 0) is 24.3 Å². The van der Waals surface area contributed by atoms with Gasteiger partial charge in [0.1, 0.15) is 0 Å². The summed E-state index contributed by atoms with van der Waals surface area (Å²) in [5, 5.41) is 0. The minimum Gasteiger partial charge on any atom is -0.462 e.